The first-order valence-electron chi connectivity index (χ1n) is 3.97. The Morgan fingerprint density at radius 2 is 1.67 bits per heavy atom. The van der Waals surface area contributed by atoms with Crippen LogP contribution in [0.25, 0.3) is 0 Å². The average Bonchev–Trinajstić information content (AvgIpc) is 2.05. The first-order chi connectivity index (χ1) is 5.61. The molecule has 74 valence electrons. The van der Waals surface area contributed by atoms with Crippen molar-refractivity contribution >= 4 is 0 Å². The normalized spacial score (nSPS) is 16.5. The van der Waals surface area contributed by atoms with Crippen LogP contribution >= 0.6 is 0 Å². The second-order valence-electron chi connectivity index (χ2n) is 2.68. The Bertz CT molecular complexity index is 99.2. The summed E-state index contributed by atoms with van der Waals surface area (Å²) >= 11 is 0. The third kappa shape index (κ3) is 4.66. The van der Waals surface area contributed by atoms with Gasteiger partial charge in [0.05, 0.1) is 18.8 Å². The average molecular weight is 178 g/mol. The second-order valence-corrected chi connectivity index (χ2v) is 2.68. The maximum Gasteiger partial charge on any atom is 0.180 e. The van der Waals surface area contributed by atoms with Gasteiger partial charge in [0.2, 0.25) is 0 Å². The summed E-state index contributed by atoms with van der Waals surface area (Å²) in [7, 11) is 3.09. The standard InChI is InChI=1S/C8H18O4/c1-6(9)7(2)12-5-8(10-3)11-4/h6-9H,5H2,1-4H3/t6-,7-/m1/s1. The summed E-state index contributed by atoms with van der Waals surface area (Å²) in [4.78, 5) is 0. The molecule has 2 atom stereocenters. The molecule has 12 heavy (non-hydrogen) atoms. The summed E-state index contributed by atoms with van der Waals surface area (Å²) in [5.74, 6) is 0. The quantitative estimate of drug-likeness (QED) is 0.598. The zero-order chi connectivity index (χ0) is 9.56. The van der Waals surface area contributed by atoms with E-state index in [0.717, 1.165) is 0 Å². The van der Waals surface area contributed by atoms with Crippen LogP contribution in [-0.2, 0) is 14.2 Å². The predicted octanol–water partition coefficient (Wildman–Crippen LogP) is 0.391. The number of methoxy groups -OCH3 is 2. The monoisotopic (exact) mass is 178 g/mol. The summed E-state index contributed by atoms with van der Waals surface area (Å²) in [5, 5.41) is 9.07. The van der Waals surface area contributed by atoms with Crippen LogP contribution in [0.15, 0.2) is 0 Å². The fourth-order valence-corrected chi connectivity index (χ4v) is 0.602. The summed E-state index contributed by atoms with van der Waals surface area (Å²) in [5.41, 5.74) is 0. The minimum Gasteiger partial charge on any atom is -0.391 e. The molecule has 0 aromatic carbocycles. The Morgan fingerprint density at radius 3 is 2.00 bits per heavy atom. The highest BCUT2D eigenvalue weighted by Gasteiger charge is 2.12. The molecule has 1 N–H and O–H groups in total. The van der Waals surface area contributed by atoms with Gasteiger partial charge in [0.25, 0.3) is 0 Å². The summed E-state index contributed by atoms with van der Waals surface area (Å²) in [6, 6.07) is 0. The first kappa shape index (κ1) is 11.8. The topological polar surface area (TPSA) is 47.9 Å². The number of hydrogen-bond donors (Lipinski definition) is 1. The number of aliphatic hydroxyl groups is 1. The van der Waals surface area contributed by atoms with Gasteiger partial charge in [0, 0.05) is 14.2 Å². The van der Waals surface area contributed by atoms with Crippen LogP contribution in [0, 0.1) is 0 Å². The summed E-state index contributed by atoms with van der Waals surface area (Å²) in [6.07, 6.45) is -1.02. The Morgan fingerprint density at radius 1 is 1.17 bits per heavy atom. The van der Waals surface area contributed by atoms with E-state index in [1.807, 2.05) is 0 Å². The van der Waals surface area contributed by atoms with Gasteiger partial charge < -0.3 is 19.3 Å². The van der Waals surface area contributed by atoms with Crippen LogP contribution in [0.1, 0.15) is 13.8 Å². The smallest absolute Gasteiger partial charge is 0.180 e. The van der Waals surface area contributed by atoms with Gasteiger partial charge in [-0.2, -0.15) is 0 Å². The van der Waals surface area contributed by atoms with Gasteiger partial charge in [-0.05, 0) is 13.8 Å². The lowest BCUT2D eigenvalue weighted by Gasteiger charge is -2.19. The largest absolute Gasteiger partial charge is 0.391 e. The first-order valence-corrected chi connectivity index (χ1v) is 3.97. The minimum atomic E-state index is -0.473. The van der Waals surface area contributed by atoms with Crippen molar-refractivity contribution in [1.29, 1.82) is 0 Å². The number of hydrogen-bond acceptors (Lipinski definition) is 4. The number of ether oxygens (including phenoxy) is 3. The highest BCUT2D eigenvalue weighted by molar-refractivity contribution is 4.57. The molecule has 0 aromatic rings. The van der Waals surface area contributed by atoms with Gasteiger partial charge in [-0.25, -0.2) is 0 Å². The van der Waals surface area contributed by atoms with E-state index in [9.17, 15) is 0 Å². The van der Waals surface area contributed by atoms with Crippen molar-refractivity contribution in [3.63, 3.8) is 0 Å². The highest BCUT2D eigenvalue weighted by atomic mass is 16.7. The Kier molecular flexibility index (Phi) is 6.28. The van der Waals surface area contributed by atoms with E-state index >= 15 is 0 Å². The molecule has 0 fully saturated rings. The SMILES string of the molecule is COC(CO[C@H](C)[C@@H](C)O)OC. The van der Waals surface area contributed by atoms with Crippen LogP contribution in [-0.4, -0.2) is 44.4 Å². The van der Waals surface area contributed by atoms with E-state index in [2.05, 4.69) is 0 Å². The molecule has 0 amide bonds. The molecule has 0 saturated carbocycles. The van der Waals surface area contributed by atoms with Crippen LogP contribution in [0.5, 0.6) is 0 Å². The van der Waals surface area contributed by atoms with Crippen molar-refractivity contribution in [1.82, 2.24) is 0 Å². The van der Waals surface area contributed by atoms with E-state index in [4.69, 9.17) is 19.3 Å². The van der Waals surface area contributed by atoms with E-state index in [1.165, 1.54) is 0 Å². The maximum atomic E-state index is 9.07. The van der Waals surface area contributed by atoms with E-state index in [-0.39, 0.29) is 12.4 Å². The molecule has 0 aliphatic rings. The fraction of sp³-hybridized carbons (Fsp3) is 1.00. The van der Waals surface area contributed by atoms with Gasteiger partial charge in [-0.1, -0.05) is 0 Å². The molecule has 4 nitrogen and oxygen atoms in total. The van der Waals surface area contributed by atoms with Gasteiger partial charge in [0.1, 0.15) is 0 Å². The molecule has 0 aromatic heterocycles. The maximum absolute atomic E-state index is 9.07. The summed E-state index contributed by atoms with van der Waals surface area (Å²) < 4.78 is 15.0. The third-order valence-corrected chi connectivity index (χ3v) is 1.70. The lowest BCUT2D eigenvalue weighted by atomic mass is 10.3. The number of rotatable bonds is 6. The fourth-order valence-electron chi connectivity index (χ4n) is 0.602. The second kappa shape index (κ2) is 6.37. The van der Waals surface area contributed by atoms with E-state index in [0.29, 0.717) is 6.61 Å². The zero-order valence-electron chi connectivity index (χ0n) is 8.11. The van der Waals surface area contributed by atoms with Gasteiger partial charge in [-0.3, -0.25) is 0 Å². The molecular formula is C8H18O4. The lowest BCUT2D eigenvalue weighted by Crippen LogP contribution is -2.29. The molecule has 4 heteroatoms. The van der Waals surface area contributed by atoms with Crippen molar-refractivity contribution in [3.05, 3.63) is 0 Å². The number of aliphatic hydroxyl groups excluding tert-OH is 1. The molecular weight excluding hydrogens is 160 g/mol. The van der Waals surface area contributed by atoms with Crippen molar-refractivity contribution < 1.29 is 19.3 Å². The molecule has 0 unspecified atom stereocenters. The Labute approximate surface area is 73.4 Å². The molecule has 0 spiro atoms. The third-order valence-electron chi connectivity index (χ3n) is 1.70. The van der Waals surface area contributed by atoms with Crippen molar-refractivity contribution in [2.75, 3.05) is 20.8 Å². The molecule has 0 aliphatic heterocycles. The van der Waals surface area contributed by atoms with Crippen LogP contribution in [0.4, 0.5) is 0 Å². The van der Waals surface area contributed by atoms with E-state index < -0.39 is 6.10 Å². The molecule has 0 aliphatic carbocycles. The molecule has 0 saturated heterocycles. The Balaban J connectivity index is 3.51. The van der Waals surface area contributed by atoms with Crippen molar-refractivity contribution in [3.8, 4) is 0 Å². The van der Waals surface area contributed by atoms with E-state index in [1.54, 1.807) is 28.1 Å². The van der Waals surface area contributed by atoms with Crippen molar-refractivity contribution in [2.45, 2.75) is 32.3 Å². The summed E-state index contributed by atoms with van der Waals surface area (Å²) in [6.45, 7) is 3.81. The molecule has 0 bridgehead atoms. The molecule has 0 heterocycles. The molecule has 0 rings (SSSR count). The lowest BCUT2D eigenvalue weighted by molar-refractivity contribution is -0.159. The highest BCUT2D eigenvalue weighted by Crippen LogP contribution is 2.00. The van der Waals surface area contributed by atoms with Crippen LogP contribution in [0.3, 0.4) is 0 Å². The predicted molar refractivity (Wildman–Crippen MR) is 44.9 cm³/mol. The zero-order valence-corrected chi connectivity index (χ0v) is 8.11. The Hall–Kier alpha value is -0.160. The van der Waals surface area contributed by atoms with Gasteiger partial charge in [-0.15, -0.1) is 0 Å². The molecule has 0 radical (unpaired) electrons. The van der Waals surface area contributed by atoms with Crippen LogP contribution in [0.2, 0.25) is 0 Å². The van der Waals surface area contributed by atoms with Crippen LogP contribution < -0.4 is 0 Å². The van der Waals surface area contributed by atoms with Gasteiger partial charge >= 0.3 is 0 Å². The minimum absolute atomic E-state index is 0.196. The van der Waals surface area contributed by atoms with Crippen molar-refractivity contribution in [2.24, 2.45) is 0 Å². The van der Waals surface area contributed by atoms with Gasteiger partial charge in [0.15, 0.2) is 6.29 Å².